The van der Waals surface area contributed by atoms with Gasteiger partial charge in [-0.25, -0.2) is 10.9 Å². The smallest absolute Gasteiger partial charge is 0.282 e. The predicted molar refractivity (Wildman–Crippen MR) is 123 cm³/mol. The van der Waals surface area contributed by atoms with E-state index in [1.54, 1.807) is 37.3 Å². The van der Waals surface area contributed by atoms with Crippen molar-refractivity contribution in [2.24, 2.45) is 10.2 Å². The minimum absolute atomic E-state index is 0.116. The van der Waals surface area contributed by atoms with Crippen LogP contribution in [0.25, 0.3) is 6.08 Å². The summed E-state index contributed by atoms with van der Waals surface area (Å²) in [7, 11) is 2.76. The zero-order valence-electron chi connectivity index (χ0n) is 18.5. The first-order valence-electron chi connectivity index (χ1n) is 9.84. The van der Waals surface area contributed by atoms with Crippen LogP contribution < -0.4 is 25.1 Å². The first kappa shape index (κ1) is 23.9. The summed E-state index contributed by atoms with van der Waals surface area (Å²) in [6.45, 7) is 1.39. The number of carbonyl (C=O) groups excluding carboxylic acids is 2. The summed E-state index contributed by atoms with van der Waals surface area (Å²) in [4.78, 5) is 34.4. The lowest BCUT2D eigenvalue weighted by Crippen LogP contribution is -2.24. The van der Waals surface area contributed by atoms with E-state index in [1.165, 1.54) is 26.4 Å². The summed E-state index contributed by atoms with van der Waals surface area (Å²) in [5.74, 6) is 0.0617. The summed E-state index contributed by atoms with van der Waals surface area (Å²) in [6, 6.07) is 9.34. The van der Waals surface area contributed by atoms with Crippen molar-refractivity contribution in [2.75, 3.05) is 20.8 Å². The predicted octanol–water partition coefficient (Wildman–Crippen LogP) is 2.03. The van der Waals surface area contributed by atoms with Crippen molar-refractivity contribution < 1.29 is 28.7 Å². The molecule has 3 rings (SSSR count). The number of nitrogens with zero attached hydrogens (tertiary/aromatic N) is 3. The van der Waals surface area contributed by atoms with Crippen molar-refractivity contribution in [1.29, 1.82) is 0 Å². The van der Waals surface area contributed by atoms with Gasteiger partial charge in [-0.2, -0.15) is 10.2 Å². The highest BCUT2D eigenvalue weighted by atomic mass is 16.6. The van der Waals surface area contributed by atoms with E-state index in [4.69, 9.17) is 14.2 Å². The summed E-state index contributed by atoms with van der Waals surface area (Å²) < 4.78 is 15.6. The number of amides is 2. The van der Waals surface area contributed by atoms with E-state index in [1.807, 2.05) is 0 Å². The standard InChI is InChI=1S/C22H21N5O7/c1-13-17(22(29)26-24-13)8-14-4-6-16(7-5-14)34-12-21(28)25-23-11-15-9-19(32-2)20(33-3)10-18(15)27(30)31/h4-11H,12H2,1-3H3,(H,25,28)(H,26,29). The molecule has 0 saturated heterocycles. The lowest BCUT2D eigenvalue weighted by molar-refractivity contribution is -0.385. The molecule has 2 amide bonds. The zero-order valence-corrected chi connectivity index (χ0v) is 18.5. The highest BCUT2D eigenvalue weighted by molar-refractivity contribution is 6.26. The second-order valence-corrected chi connectivity index (χ2v) is 6.87. The molecular weight excluding hydrogens is 446 g/mol. The maximum Gasteiger partial charge on any atom is 0.282 e. The summed E-state index contributed by atoms with van der Waals surface area (Å²) >= 11 is 0. The van der Waals surface area contributed by atoms with Gasteiger partial charge in [-0.15, -0.1) is 0 Å². The third kappa shape index (κ3) is 5.73. The van der Waals surface area contributed by atoms with Gasteiger partial charge in [0.1, 0.15) is 5.75 Å². The van der Waals surface area contributed by atoms with Crippen LogP contribution in [0.4, 0.5) is 5.69 Å². The minimum Gasteiger partial charge on any atom is -0.493 e. The fourth-order valence-electron chi connectivity index (χ4n) is 2.92. The molecule has 0 atom stereocenters. The minimum atomic E-state index is -0.596. The van der Waals surface area contributed by atoms with E-state index in [0.717, 1.165) is 11.8 Å². The quantitative estimate of drug-likeness (QED) is 0.247. The summed E-state index contributed by atoms with van der Waals surface area (Å²) in [5, 5.41) is 18.9. The third-order valence-corrected chi connectivity index (χ3v) is 4.64. The Morgan fingerprint density at radius 3 is 2.47 bits per heavy atom. The second kappa shape index (κ2) is 10.7. The van der Waals surface area contributed by atoms with Gasteiger partial charge in [-0.3, -0.25) is 19.7 Å². The SMILES string of the molecule is COc1cc(C=NNC(=O)COc2ccc(C=C3C(=O)NN=C3C)cc2)c([N+](=O)[O-])cc1OC. The average Bonchev–Trinajstić information content (AvgIpc) is 3.15. The number of ether oxygens (including phenoxy) is 3. The highest BCUT2D eigenvalue weighted by Gasteiger charge is 2.19. The van der Waals surface area contributed by atoms with Gasteiger partial charge in [0.2, 0.25) is 0 Å². The van der Waals surface area contributed by atoms with Crippen LogP contribution in [0.5, 0.6) is 17.2 Å². The lowest BCUT2D eigenvalue weighted by atomic mass is 10.1. The van der Waals surface area contributed by atoms with Crippen LogP contribution in [0.2, 0.25) is 0 Å². The molecule has 2 aromatic rings. The van der Waals surface area contributed by atoms with E-state index in [0.29, 0.717) is 17.0 Å². The molecule has 0 spiro atoms. The Bertz CT molecular complexity index is 1200. The molecule has 12 heteroatoms. The van der Waals surface area contributed by atoms with E-state index in [-0.39, 0.29) is 35.3 Å². The van der Waals surface area contributed by atoms with Gasteiger partial charge in [0.15, 0.2) is 18.1 Å². The molecule has 2 aromatic carbocycles. The van der Waals surface area contributed by atoms with E-state index in [9.17, 15) is 19.7 Å². The molecule has 0 unspecified atom stereocenters. The largest absolute Gasteiger partial charge is 0.493 e. The monoisotopic (exact) mass is 467 g/mol. The molecule has 1 aliphatic rings. The fraction of sp³-hybridized carbons (Fsp3) is 0.182. The molecule has 2 N–H and O–H groups in total. The van der Waals surface area contributed by atoms with Crippen molar-refractivity contribution in [3.05, 3.63) is 63.2 Å². The van der Waals surface area contributed by atoms with Crippen LogP contribution in [0.1, 0.15) is 18.1 Å². The van der Waals surface area contributed by atoms with Crippen LogP contribution in [0.3, 0.4) is 0 Å². The number of nitro benzene ring substituents is 1. The Morgan fingerprint density at radius 2 is 1.88 bits per heavy atom. The first-order valence-corrected chi connectivity index (χ1v) is 9.84. The molecule has 0 aliphatic carbocycles. The Balaban J connectivity index is 1.58. The molecule has 0 saturated carbocycles. The Kier molecular flexibility index (Phi) is 7.54. The Labute approximate surface area is 194 Å². The molecule has 1 aliphatic heterocycles. The van der Waals surface area contributed by atoms with Crippen molar-refractivity contribution >= 4 is 35.5 Å². The topological polar surface area (TPSA) is 154 Å². The Hall–Kier alpha value is -4.74. The number of methoxy groups -OCH3 is 2. The van der Waals surface area contributed by atoms with Crippen molar-refractivity contribution in [3.63, 3.8) is 0 Å². The molecular formula is C22H21N5O7. The van der Waals surface area contributed by atoms with Crippen LogP contribution in [0, 0.1) is 10.1 Å². The van der Waals surface area contributed by atoms with Gasteiger partial charge in [0.25, 0.3) is 17.5 Å². The van der Waals surface area contributed by atoms with Crippen LogP contribution in [0.15, 0.2) is 52.2 Å². The maximum atomic E-state index is 12.0. The van der Waals surface area contributed by atoms with E-state index < -0.39 is 10.8 Å². The number of hydrogen-bond acceptors (Lipinski definition) is 9. The van der Waals surface area contributed by atoms with Gasteiger partial charge in [0.05, 0.1) is 48.3 Å². The third-order valence-electron chi connectivity index (χ3n) is 4.64. The molecule has 0 bridgehead atoms. The first-order chi connectivity index (χ1) is 16.3. The normalized spacial score (nSPS) is 14.0. The summed E-state index contributed by atoms with van der Waals surface area (Å²) in [5.41, 5.74) is 6.32. The lowest BCUT2D eigenvalue weighted by Gasteiger charge is -2.08. The van der Waals surface area contributed by atoms with E-state index in [2.05, 4.69) is 21.1 Å². The van der Waals surface area contributed by atoms with Gasteiger partial charge >= 0.3 is 0 Å². The molecule has 0 aromatic heterocycles. The van der Waals surface area contributed by atoms with Gasteiger partial charge in [-0.1, -0.05) is 12.1 Å². The highest BCUT2D eigenvalue weighted by Crippen LogP contribution is 2.33. The van der Waals surface area contributed by atoms with Crippen LogP contribution in [-0.2, 0) is 9.59 Å². The molecule has 176 valence electrons. The van der Waals surface area contributed by atoms with Crippen molar-refractivity contribution in [1.82, 2.24) is 10.9 Å². The van der Waals surface area contributed by atoms with E-state index >= 15 is 0 Å². The molecule has 0 fully saturated rings. The molecule has 0 radical (unpaired) electrons. The van der Waals surface area contributed by atoms with Gasteiger partial charge < -0.3 is 14.2 Å². The zero-order chi connectivity index (χ0) is 24.7. The summed E-state index contributed by atoms with van der Waals surface area (Å²) in [6.07, 6.45) is 2.82. The average molecular weight is 467 g/mol. The number of nitro groups is 1. The molecule has 12 nitrogen and oxygen atoms in total. The van der Waals surface area contributed by atoms with Crippen LogP contribution in [-0.4, -0.2) is 49.5 Å². The fourth-order valence-corrected chi connectivity index (χ4v) is 2.92. The van der Waals surface area contributed by atoms with Gasteiger partial charge in [0, 0.05) is 0 Å². The second-order valence-electron chi connectivity index (χ2n) is 6.87. The number of benzene rings is 2. The number of nitrogens with one attached hydrogen (secondary N) is 2. The maximum absolute atomic E-state index is 12.0. The number of rotatable bonds is 9. The van der Waals surface area contributed by atoms with Crippen molar-refractivity contribution in [2.45, 2.75) is 6.92 Å². The van der Waals surface area contributed by atoms with Crippen LogP contribution >= 0.6 is 0 Å². The number of hydrazone groups is 2. The molecule has 34 heavy (non-hydrogen) atoms. The molecule has 1 heterocycles. The van der Waals surface area contributed by atoms with Crippen molar-refractivity contribution in [3.8, 4) is 17.2 Å². The Morgan fingerprint density at radius 1 is 1.21 bits per heavy atom. The number of hydrogen-bond donors (Lipinski definition) is 2. The van der Waals surface area contributed by atoms with Gasteiger partial charge in [-0.05, 0) is 36.8 Å². The number of carbonyl (C=O) groups is 2.